The van der Waals surface area contributed by atoms with Crippen LogP contribution in [0.1, 0.15) is 25.3 Å². The second-order valence-electron chi connectivity index (χ2n) is 6.18. The molecule has 1 aromatic carbocycles. The summed E-state index contributed by atoms with van der Waals surface area (Å²) < 4.78 is 31.1. The normalized spacial score (nSPS) is 18.0. The van der Waals surface area contributed by atoms with E-state index in [9.17, 15) is 8.42 Å². The number of likely N-dealkylation sites (tertiary alicyclic amines) is 1. The van der Waals surface area contributed by atoms with E-state index in [1.165, 1.54) is 10.9 Å². The fourth-order valence-electron chi connectivity index (χ4n) is 3.27. The number of sulfonamides is 1. The van der Waals surface area contributed by atoms with Crippen molar-refractivity contribution in [3.05, 3.63) is 36.1 Å². The molecule has 6 heteroatoms. The van der Waals surface area contributed by atoms with Gasteiger partial charge in [-0.1, -0.05) is 18.2 Å². The molecule has 5 nitrogen and oxygen atoms in total. The Hall–Kier alpha value is -1.37. The van der Waals surface area contributed by atoms with Gasteiger partial charge in [0.25, 0.3) is 0 Å². The Labute approximate surface area is 137 Å². The van der Waals surface area contributed by atoms with Crippen LogP contribution in [0, 0.1) is 0 Å². The van der Waals surface area contributed by atoms with Crippen LogP contribution in [0.25, 0.3) is 11.0 Å². The number of hydrogen-bond donors (Lipinski definition) is 0. The molecule has 1 fully saturated rings. The number of piperidine rings is 1. The number of furan rings is 1. The summed E-state index contributed by atoms with van der Waals surface area (Å²) in [5, 5.41) is 1.17. The molecule has 1 aliphatic heterocycles. The second kappa shape index (κ2) is 6.63. The highest BCUT2D eigenvalue weighted by molar-refractivity contribution is 7.89. The zero-order valence-corrected chi connectivity index (χ0v) is 14.6. The van der Waals surface area contributed by atoms with Gasteiger partial charge in [-0.25, -0.2) is 12.7 Å². The summed E-state index contributed by atoms with van der Waals surface area (Å²) in [6.45, 7) is 4.38. The number of benzene rings is 1. The highest BCUT2D eigenvalue weighted by atomic mass is 32.2. The minimum Gasteiger partial charge on any atom is -0.464 e. The van der Waals surface area contributed by atoms with Crippen molar-refractivity contribution in [2.24, 2.45) is 0 Å². The third kappa shape index (κ3) is 3.44. The van der Waals surface area contributed by atoms with Gasteiger partial charge in [0.2, 0.25) is 10.0 Å². The molecule has 1 aliphatic rings. The maximum absolute atomic E-state index is 12.0. The predicted molar refractivity (Wildman–Crippen MR) is 91.7 cm³/mol. The minimum absolute atomic E-state index is 0.122. The molecule has 2 aromatic rings. The Kier molecular flexibility index (Phi) is 4.75. The average molecular weight is 336 g/mol. The Balaban J connectivity index is 1.61. The highest BCUT2D eigenvalue weighted by Gasteiger charge is 2.28. The molecular weight excluding hydrogens is 312 g/mol. The summed E-state index contributed by atoms with van der Waals surface area (Å²) in [4.78, 5) is 2.38. The van der Waals surface area contributed by atoms with E-state index >= 15 is 0 Å². The van der Waals surface area contributed by atoms with E-state index in [0.29, 0.717) is 0 Å². The summed E-state index contributed by atoms with van der Waals surface area (Å²) in [7, 11) is -1.38. The third-order valence-corrected chi connectivity index (χ3v) is 6.74. The number of rotatable bonds is 5. The van der Waals surface area contributed by atoms with E-state index in [0.717, 1.165) is 38.1 Å². The molecule has 0 atom stereocenters. The van der Waals surface area contributed by atoms with E-state index in [1.54, 1.807) is 18.3 Å². The SMILES string of the molecule is CCS(=O)(=O)N(C)C1CCN(Cc2coc3ccccc23)CC1. The van der Waals surface area contributed by atoms with Gasteiger partial charge in [-0.3, -0.25) is 4.90 Å². The Morgan fingerprint density at radius 1 is 1.26 bits per heavy atom. The van der Waals surface area contributed by atoms with Gasteiger partial charge in [0.1, 0.15) is 5.58 Å². The maximum atomic E-state index is 12.0. The van der Waals surface area contributed by atoms with Gasteiger partial charge in [-0.05, 0) is 25.8 Å². The molecule has 0 saturated carbocycles. The van der Waals surface area contributed by atoms with Crippen molar-refractivity contribution in [3.63, 3.8) is 0 Å². The van der Waals surface area contributed by atoms with E-state index in [1.807, 2.05) is 24.5 Å². The van der Waals surface area contributed by atoms with Gasteiger partial charge in [0.05, 0.1) is 12.0 Å². The summed E-state index contributed by atoms with van der Waals surface area (Å²) in [6.07, 6.45) is 3.60. The largest absolute Gasteiger partial charge is 0.464 e. The second-order valence-corrected chi connectivity index (χ2v) is 8.50. The molecular formula is C17H24N2O3S. The number of nitrogens with zero attached hydrogens (tertiary/aromatic N) is 2. The maximum Gasteiger partial charge on any atom is 0.213 e. The summed E-state index contributed by atoms with van der Waals surface area (Å²) in [5.41, 5.74) is 2.12. The van der Waals surface area contributed by atoms with Crippen LogP contribution < -0.4 is 0 Å². The van der Waals surface area contributed by atoms with Crippen LogP contribution in [-0.4, -0.2) is 49.6 Å². The van der Waals surface area contributed by atoms with E-state index in [-0.39, 0.29) is 11.8 Å². The molecule has 0 radical (unpaired) electrons. The van der Waals surface area contributed by atoms with Gasteiger partial charge in [-0.2, -0.15) is 0 Å². The standard InChI is InChI=1S/C17H24N2O3S/c1-3-23(20,21)18(2)15-8-10-19(11-9-15)12-14-13-22-17-7-5-4-6-16(14)17/h4-7,13,15H,3,8-12H2,1-2H3. The molecule has 0 unspecified atom stereocenters. The minimum atomic E-state index is -3.09. The third-order valence-electron chi connectivity index (χ3n) is 4.83. The van der Waals surface area contributed by atoms with Crippen LogP contribution in [-0.2, 0) is 16.6 Å². The zero-order chi connectivity index (χ0) is 16.4. The van der Waals surface area contributed by atoms with Crippen LogP contribution in [0.5, 0.6) is 0 Å². The molecule has 0 aliphatic carbocycles. The van der Waals surface area contributed by atoms with Gasteiger partial charge in [0, 0.05) is 43.7 Å². The molecule has 1 saturated heterocycles. The molecule has 126 valence electrons. The first-order valence-corrected chi connectivity index (χ1v) is 9.75. The van der Waals surface area contributed by atoms with Crippen molar-refractivity contribution >= 4 is 21.0 Å². The van der Waals surface area contributed by atoms with Gasteiger partial charge >= 0.3 is 0 Å². The average Bonchev–Trinajstić information content (AvgIpc) is 2.98. The van der Waals surface area contributed by atoms with Crippen molar-refractivity contribution < 1.29 is 12.8 Å². The summed E-state index contributed by atoms with van der Waals surface area (Å²) in [5.74, 6) is 0.171. The van der Waals surface area contributed by atoms with Crippen molar-refractivity contribution in [3.8, 4) is 0 Å². The molecule has 0 spiro atoms. The van der Waals surface area contributed by atoms with Crippen molar-refractivity contribution in [2.75, 3.05) is 25.9 Å². The lowest BCUT2D eigenvalue weighted by Crippen LogP contribution is -2.45. The molecule has 0 amide bonds. The van der Waals surface area contributed by atoms with E-state index < -0.39 is 10.0 Å². The van der Waals surface area contributed by atoms with E-state index in [2.05, 4.69) is 11.0 Å². The molecule has 2 heterocycles. The van der Waals surface area contributed by atoms with Gasteiger partial charge in [-0.15, -0.1) is 0 Å². The summed E-state index contributed by atoms with van der Waals surface area (Å²) in [6, 6.07) is 8.19. The topological polar surface area (TPSA) is 53.8 Å². The first-order valence-electron chi connectivity index (χ1n) is 8.14. The monoisotopic (exact) mass is 336 g/mol. The summed E-state index contributed by atoms with van der Waals surface area (Å²) >= 11 is 0. The lowest BCUT2D eigenvalue weighted by atomic mass is 10.0. The van der Waals surface area contributed by atoms with E-state index in [4.69, 9.17) is 4.42 Å². The van der Waals surface area contributed by atoms with Crippen molar-refractivity contribution in [1.29, 1.82) is 0 Å². The lowest BCUT2D eigenvalue weighted by Gasteiger charge is -2.35. The zero-order valence-electron chi connectivity index (χ0n) is 13.7. The van der Waals surface area contributed by atoms with Crippen LogP contribution in [0.2, 0.25) is 0 Å². The molecule has 23 heavy (non-hydrogen) atoms. The van der Waals surface area contributed by atoms with Crippen LogP contribution in [0.15, 0.2) is 34.9 Å². The van der Waals surface area contributed by atoms with Crippen LogP contribution in [0.4, 0.5) is 0 Å². The molecule has 1 aromatic heterocycles. The lowest BCUT2D eigenvalue weighted by molar-refractivity contribution is 0.164. The van der Waals surface area contributed by atoms with Crippen LogP contribution in [0.3, 0.4) is 0 Å². The molecule has 3 rings (SSSR count). The quantitative estimate of drug-likeness (QED) is 0.842. The fourth-order valence-corrected chi connectivity index (χ4v) is 4.34. The number of fused-ring (bicyclic) bond motifs is 1. The smallest absolute Gasteiger partial charge is 0.213 e. The molecule has 0 bridgehead atoms. The Morgan fingerprint density at radius 3 is 2.65 bits per heavy atom. The fraction of sp³-hybridized carbons (Fsp3) is 0.529. The first kappa shape index (κ1) is 16.5. The van der Waals surface area contributed by atoms with Crippen LogP contribution >= 0.6 is 0 Å². The highest BCUT2D eigenvalue weighted by Crippen LogP contribution is 2.24. The Bertz CT molecular complexity index is 761. The Morgan fingerprint density at radius 2 is 1.96 bits per heavy atom. The predicted octanol–water partition coefficient (Wildman–Crippen LogP) is 2.68. The molecule has 0 N–H and O–H groups in total. The van der Waals surface area contributed by atoms with Gasteiger partial charge in [0.15, 0.2) is 0 Å². The first-order chi connectivity index (χ1) is 11.0. The number of para-hydroxylation sites is 1. The van der Waals surface area contributed by atoms with Gasteiger partial charge < -0.3 is 4.42 Å². The number of hydrogen-bond acceptors (Lipinski definition) is 4. The van der Waals surface area contributed by atoms with Crippen molar-refractivity contribution in [2.45, 2.75) is 32.4 Å². The van der Waals surface area contributed by atoms with Crippen molar-refractivity contribution in [1.82, 2.24) is 9.21 Å².